The number of Topliss-reactive ketones (excluding diaryl/α,β-unsaturated/α-hetero) is 1. The predicted molar refractivity (Wildman–Crippen MR) is 120 cm³/mol. The van der Waals surface area contributed by atoms with Crippen LogP contribution in [0.1, 0.15) is 67.1 Å². The Bertz CT molecular complexity index is 1150. The minimum absolute atomic E-state index is 0.0323. The summed E-state index contributed by atoms with van der Waals surface area (Å²) in [7, 11) is 0. The quantitative estimate of drug-likeness (QED) is 0.509. The van der Waals surface area contributed by atoms with Crippen molar-refractivity contribution in [2.45, 2.75) is 57.4 Å². The number of alkyl halides is 2. The molecule has 0 spiro atoms. The van der Waals surface area contributed by atoms with Crippen LogP contribution in [0.2, 0.25) is 0 Å². The van der Waals surface area contributed by atoms with Crippen molar-refractivity contribution < 1.29 is 18.4 Å². The maximum atomic E-state index is 13.6. The van der Waals surface area contributed by atoms with E-state index >= 15 is 0 Å². The summed E-state index contributed by atoms with van der Waals surface area (Å²) >= 11 is 0. The lowest BCUT2D eigenvalue weighted by atomic mass is 9.87. The van der Waals surface area contributed by atoms with Crippen molar-refractivity contribution >= 4 is 11.7 Å². The number of aromatic nitrogens is 1. The average Bonchev–Trinajstić information content (AvgIpc) is 3.10. The van der Waals surface area contributed by atoms with E-state index in [1.807, 2.05) is 24.3 Å². The molecule has 0 unspecified atom stereocenters. The summed E-state index contributed by atoms with van der Waals surface area (Å²) in [4.78, 5) is 30.0. The SMILES string of the molecule is CC(C)(C)c1ccc(C#Cc2cnccc2C(=O)CCC(=O)N2CC(F)(F)C[C@H]2C#N)cc1. The van der Waals surface area contributed by atoms with Crippen molar-refractivity contribution in [1.29, 1.82) is 5.26 Å². The third kappa shape index (κ3) is 6.02. The van der Waals surface area contributed by atoms with Crippen LogP contribution in [-0.2, 0) is 10.2 Å². The van der Waals surface area contributed by atoms with Crippen LogP contribution in [0, 0.1) is 23.2 Å². The van der Waals surface area contributed by atoms with Crippen LogP contribution in [0.15, 0.2) is 42.7 Å². The van der Waals surface area contributed by atoms with Gasteiger partial charge in [-0.15, -0.1) is 0 Å². The van der Waals surface area contributed by atoms with E-state index in [0.717, 1.165) is 10.5 Å². The first kappa shape index (κ1) is 24.1. The van der Waals surface area contributed by atoms with Gasteiger partial charge in [0.15, 0.2) is 5.78 Å². The first-order valence-corrected chi connectivity index (χ1v) is 10.7. The van der Waals surface area contributed by atoms with Gasteiger partial charge in [-0.2, -0.15) is 5.26 Å². The van der Waals surface area contributed by atoms with Gasteiger partial charge >= 0.3 is 0 Å². The van der Waals surface area contributed by atoms with Crippen molar-refractivity contribution in [2.75, 3.05) is 6.54 Å². The number of rotatable bonds is 4. The summed E-state index contributed by atoms with van der Waals surface area (Å²) < 4.78 is 27.2. The minimum atomic E-state index is -3.08. The molecule has 3 rings (SSSR count). The smallest absolute Gasteiger partial charge is 0.268 e. The molecule has 1 aliphatic heterocycles. The third-order valence-corrected chi connectivity index (χ3v) is 5.52. The molecule has 0 aliphatic carbocycles. The molecule has 1 fully saturated rings. The average molecular weight is 450 g/mol. The van der Waals surface area contributed by atoms with E-state index in [1.165, 1.54) is 24.0 Å². The minimum Gasteiger partial charge on any atom is -0.320 e. The zero-order chi connectivity index (χ0) is 24.2. The largest absolute Gasteiger partial charge is 0.320 e. The van der Waals surface area contributed by atoms with Crippen molar-refractivity contribution in [1.82, 2.24) is 9.88 Å². The summed E-state index contributed by atoms with van der Waals surface area (Å²) in [6, 6.07) is 9.96. The summed E-state index contributed by atoms with van der Waals surface area (Å²) in [5.74, 6) is 1.95. The number of amides is 1. The van der Waals surface area contributed by atoms with E-state index in [2.05, 4.69) is 37.6 Å². The van der Waals surface area contributed by atoms with Crippen LogP contribution in [0.3, 0.4) is 0 Å². The van der Waals surface area contributed by atoms with Gasteiger partial charge in [0.05, 0.1) is 18.2 Å². The second-order valence-electron chi connectivity index (χ2n) is 9.15. The van der Waals surface area contributed by atoms with Gasteiger partial charge in [0.2, 0.25) is 5.91 Å². The van der Waals surface area contributed by atoms with Crippen LogP contribution < -0.4 is 0 Å². The van der Waals surface area contributed by atoms with Crippen LogP contribution in [-0.4, -0.2) is 40.1 Å². The Labute approximate surface area is 192 Å². The summed E-state index contributed by atoms with van der Waals surface area (Å²) in [6.45, 7) is 5.59. The fourth-order valence-electron chi connectivity index (χ4n) is 3.62. The molecule has 33 heavy (non-hydrogen) atoms. The topological polar surface area (TPSA) is 74.1 Å². The van der Waals surface area contributed by atoms with Gasteiger partial charge in [0.25, 0.3) is 5.92 Å². The number of nitrogens with zero attached hydrogens (tertiary/aromatic N) is 3. The highest BCUT2D eigenvalue weighted by molar-refractivity contribution is 6.00. The monoisotopic (exact) mass is 449 g/mol. The first-order chi connectivity index (χ1) is 15.5. The Morgan fingerprint density at radius 1 is 1.15 bits per heavy atom. The molecule has 7 heteroatoms. The standard InChI is InChI=1S/C26H25F2N3O2/c1-25(2,3)20-8-5-18(6-9-20)4-7-19-16-30-13-12-22(19)23(32)10-11-24(33)31-17-26(27,28)14-21(31)15-29/h5-6,8-9,12-13,16,21H,10-11,14,17H2,1-3H3/t21-/m0/s1. The normalized spacial score (nSPS) is 17.1. The maximum Gasteiger partial charge on any atom is 0.268 e. The molecule has 0 bridgehead atoms. The molecule has 1 atom stereocenters. The molecule has 5 nitrogen and oxygen atoms in total. The van der Waals surface area contributed by atoms with Crippen LogP contribution >= 0.6 is 0 Å². The molecule has 1 aromatic carbocycles. The van der Waals surface area contributed by atoms with E-state index < -0.39 is 30.8 Å². The zero-order valence-electron chi connectivity index (χ0n) is 18.9. The van der Waals surface area contributed by atoms with Gasteiger partial charge in [-0.1, -0.05) is 44.7 Å². The first-order valence-electron chi connectivity index (χ1n) is 10.7. The molecular weight excluding hydrogens is 424 g/mol. The lowest BCUT2D eigenvalue weighted by Gasteiger charge is -2.18. The summed E-state index contributed by atoms with van der Waals surface area (Å²) in [6.07, 6.45) is 1.85. The lowest BCUT2D eigenvalue weighted by molar-refractivity contribution is -0.132. The van der Waals surface area contributed by atoms with Crippen molar-refractivity contribution in [2.24, 2.45) is 0 Å². The van der Waals surface area contributed by atoms with E-state index in [-0.39, 0.29) is 24.0 Å². The highest BCUT2D eigenvalue weighted by Crippen LogP contribution is 2.32. The van der Waals surface area contributed by atoms with E-state index in [4.69, 9.17) is 5.26 Å². The van der Waals surface area contributed by atoms with Gasteiger partial charge in [-0.3, -0.25) is 14.6 Å². The Morgan fingerprint density at radius 3 is 2.48 bits per heavy atom. The van der Waals surface area contributed by atoms with E-state index in [9.17, 15) is 18.4 Å². The van der Waals surface area contributed by atoms with E-state index in [1.54, 1.807) is 6.07 Å². The van der Waals surface area contributed by atoms with Crippen molar-refractivity contribution in [3.05, 3.63) is 65.0 Å². The second-order valence-corrected chi connectivity index (χ2v) is 9.15. The second kappa shape index (κ2) is 9.50. The predicted octanol–water partition coefficient (Wildman–Crippen LogP) is 4.50. The summed E-state index contributed by atoms with van der Waals surface area (Å²) in [5, 5.41) is 9.05. The molecule has 2 heterocycles. The fraction of sp³-hybridized carbons (Fsp3) is 0.385. The number of benzene rings is 1. The molecule has 1 amide bonds. The fourth-order valence-corrected chi connectivity index (χ4v) is 3.62. The van der Waals surface area contributed by atoms with Gasteiger partial charge in [-0.25, -0.2) is 8.78 Å². The Hall–Kier alpha value is -3.58. The highest BCUT2D eigenvalue weighted by Gasteiger charge is 2.47. The van der Waals surface area contributed by atoms with Crippen molar-refractivity contribution in [3.8, 4) is 17.9 Å². The molecule has 0 saturated carbocycles. The Morgan fingerprint density at radius 2 is 1.85 bits per heavy atom. The van der Waals surface area contributed by atoms with Gasteiger partial charge in [-0.05, 0) is 29.2 Å². The molecule has 0 N–H and O–H groups in total. The Kier molecular flexibility index (Phi) is 6.93. The molecular formula is C26H25F2N3O2. The molecule has 170 valence electrons. The molecule has 2 aromatic rings. The number of nitriles is 1. The van der Waals surface area contributed by atoms with Gasteiger partial charge in [0.1, 0.15) is 6.04 Å². The lowest BCUT2D eigenvalue weighted by Crippen LogP contribution is -2.36. The number of carbonyl (C=O) groups is 2. The van der Waals surface area contributed by atoms with Gasteiger partial charge in [0, 0.05) is 42.8 Å². The van der Waals surface area contributed by atoms with Crippen LogP contribution in [0.4, 0.5) is 8.78 Å². The number of likely N-dealkylation sites (tertiary alicyclic amines) is 1. The molecule has 1 aromatic heterocycles. The van der Waals surface area contributed by atoms with Crippen molar-refractivity contribution in [3.63, 3.8) is 0 Å². The summed E-state index contributed by atoms with van der Waals surface area (Å²) in [5.41, 5.74) is 2.75. The zero-order valence-corrected chi connectivity index (χ0v) is 18.9. The van der Waals surface area contributed by atoms with Crippen LogP contribution in [0.5, 0.6) is 0 Å². The van der Waals surface area contributed by atoms with E-state index in [0.29, 0.717) is 11.1 Å². The number of ketones is 1. The number of halogens is 2. The highest BCUT2D eigenvalue weighted by atomic mass is 19.3. The number of pyridine rings is 1. The number of hydrogen-bond acceptors (Lipinski definition) is 4. The molecule has 1 aliphatic rings. The maximum absolute atomic E-state index is 13.6. The molecule has 1 saturated heterocycles. The molecule has 0 radical (unpaired) electrons. The number of carbonyl (C=O) groups excluding carboxylic acids is 2. The number of hydrogen-bond donors (Lipinski definition) is 0. The third-order valence-electron chi connectivity index (χ3n) is 5.52. The van der Waals surface area contributed by atoms with Gasteiger partial charge < -0.3 is 4.90 Å². The van der Waals surface area contributed by atoms with Crippen LogP contribution in [0.25, 0.3) is 0 Å². The Balaban J connectivity index is 1.69.